The zero-order valence-corrected chi connectivity index (χ0v) is 19.4. The van der Waals surface area contributed by atoms with Gasteiger partial charge in [0.15, 0.2) is 0 Å². The summed E-state index contributed by atoms with van der Waals surface area (Å²) < 4.78 is 0. The molecule has 0 saturated carbocycles. The maximum absolute atomic E-state index is 13.2. The van der Waals surface area contributed by atoms with Gasteiger partial charge in [0.05, 0.1) is 15.9 Å². The van der Waals surface area contributed by atoms with Crippen LogP contribution in [0.1, 0.15) is 65.3 Å². The van der Waals surface area contributed by atoms with Crippen molar-refractivity contribution in [2.75, 3.05) is 19.6 Å². The van der Waals surface area contributed by atoms with Crippen LogP contribution in [-0.4, -0.2) is 35.4 Å². The quantitative estimate of drug-likeness (QED) is 0.511. The molecule has 1 aliphatic rings. The number of hydrogen-bond donors (Lipinski definition) is 1. The van der Waals surface area contributed by atoms with E-state index >= 15 is 0 Å². The summed E-state index contributed by atoms with van der Waals surface area (Å²) in [4.78, 5) is 21.2. The molecule has 2 aromatic carbocycles. The van der Waals surface area contributed by atoms with Crippen LogP contribution in [0.25, 0.3) is 10.4 Å². The van der Waals surface area contributed by atoms with Crippen LogP contribution in [0.4, 0.5) is 0 Å². The van der Waals surface area contributed by atoms with Crippen LogP contribution in [0.5, 0.6) is 0 Å². The lowest BCUT2D eigenvalue weighted by molar-refractivity contribution is 0.0934. The normalized spacial score (nSPS) is 15.4. The van der Waals surface area contributed by atoms with Crippen molar-refractivity contribution < 1.29 is 4.79 Å². The predicted octanol–water partition coefficient (Wildman–Crippen LogP) is 5.81. The molecule has 1 aliphatic heterocycles. The molecule has 1 saturated heterocycles. The fourth-order valence-electron chi connectivity index (χ4n) is 4.25. The number of carbonyl (C=O) groups excluding carboxylic acids is 1. The number of carbonyl (C=O) groups is 1. The van der Waals surface area contributed by atoms with Crippen molar-refractivity contribution in [1.82, 2.24) is 15.2 Å². The first-order valence-electron chi connectivity index (χ1n) is 11.2. The van der Waals surface area contributed by atoms with E-state index in [1.165, 1.54) is 24.0 Å². The minimum atomic E-state index is -0.0915. The second-order valence-electron chi connectivity index (χ2n) is 8.57. The zero-order valence-electron chi connectivity index (χ0n) is 18.6. The summed E-state index contributed by atoms with van der Waals surface area (Å²) in [5.74, 6) is 0.425. The molecule has 0 spiro atoms. The summed E-state index contributed by atoms with van der Waals surface area (Å²) in [6, 6.07) is 19.1. The Bertz CT molecular complexity index is 1000. The van der Waals surface area contributed by atoms with Crippen LogP contribution < -0.4 is 5.32 Å². The van der Waals surface area contributed by atoms with Crippen LogP contribution in [0.15, 0.2) is 54.6 Å². The first-order chi connectivity index (χ1) is 15.0. The standard InChI is InChI=1S/C26H31N3OS/c1-18(2)20-11-13-21(14-12-20)23(29-15-7-8-16-29)17-27-26(30)24-25(31-19(3)28-24)22-9-5-4-6-10-22/h4-6,9-14,18,23H,7-8,15-17H2,1-3H3,(H,27,30). The van der Waals surface area contributed by atoms with E-state index in [1.807, 2.05) is 37.3 Å². The molecule has 1 atom stereocenters. The monoisotopic (exact) mass is 433 g/mol. The molecule has 1 N–H and O–H groups in total. The lowest BCUT2D eigenvalue weighted by Crippen LogP contribution is -2.37. The summed E-state index contributed by atoms with van der Waals surface area (Å²) >= 11 is 1.57. The van der Waals surface area contributed by atoms with Gasteiger partial charge in [0.1, 0.15) is 5.69 Å². The number of nitrogens with zero attached hydrogens (tertiary/aromatic N) is 2. The zero-order chi connectivity index (χ0) is 21.8. The third kappa shape index (κ3) is 5.05. The number of likely N-dealkylation sites (tertiary alicyclic amines) is 1. The van der Waals surface area contributed by atoms with Crippen LogP contribution in [0.3, 0.4) is 0 Å². The number of aromatic nitrogens is 1. The molecular formula is C26H31N3OS. The van der Waals surface area contributed by atoms with Crippen LogP contribution in [0, 0.1) is 6.92 Å². The van der Waals surface area contributed by atoms with Crippen LogP contribution in [0.2, 0.25) is 0 Å². The van der Waals surface area contributed by atoms with Gasteiger partial charge in [0.2, 0.25) is 0 Å². The van der Waals surface area contributed by atoms with E-state index in [4.69, 9.17) is 0 Å². The fourth-order valence-corrected chi connectivity index (χ4v) is 5.17. The Balaban J connectivity index is 1.53. The molecule has 1 amide bonds. The number of amides is 1. The second-order valence-corrected chi connectivity index (χ2v) is 9.77. The van der Waals surface area contributed by atoms with E-state index in [2.05, 4.69) is 53.3 Å². The average molecular weight is 434 g/mol. The molecule has 4 rings (SSSR count). The highest BCUT2D eigenvalue weighted by atomic mass is 32.1. The number of nitrogens with one attached hydrogen (secondary N) is 1. The van der Waals surface area contributed by atoms with Gasteiger partial charge in [0.25, 0.3) is 5.91 Å². The molecule has 0 radical (unpaired) electrons. The Morgan fingerprint density at radius 1 is 1.03 bits per heavy atom. The molecule has 0 aliphatic carbocycles. The minimum Gasteiger partial charge on any atom is -0.349 e. The van der Waals surface area contributed by atoms with Crippen molar-refractivity contribution in [2.24, 2.45) is 0 Å². The number of hydrogen-bond acceptors (Lipinski definition) is 4. The Morgan fingerprint density at radius 2 is 1.68 bits per heavy atom. The van der Waals surface area contributed by atoms with E-state index in [9.17, 15) is 4.79 Å². The van der Waals surface area contributed by atoms with Crippen LogP contribution >= 0.6 is 11.3 Å². The topological polar surface area (TPSA) is 45.2 Å². The van der Waals surface area contributed by atoms with Crippen molar-refractivity contribution in [1.29, 1.82) is 0 Å². The predicted molar refractivity (Wildman–Crippen MR) is 129 cm³/mol. The van der Waals surface area contributed by atoms with Crippen molar-refractivity contribution in [2.45, 2.75) is 45.6 Å². The molecular weight excluding hydrogens is 402 g/mol. The second kappa shape index (κ2) is 9.75. The third-order valence-electron chi connectivity index (χ3n) is 6.01. The van der Waals surface area contributed by atoms with Gasteiger partial charge in [-0.3, -0.25) is 9.69 Å². The van der Waals surface area contributed by atoms with E-state index < -0.39 is 0 Å². The van der Waals surface area contributed by atoms with Crippen molar-refractivity contribution in [3.63, 3.8) is 0 Å². The van der Waals surface area contributed by atoms with Gasteiger partial charge in [-0.25, -0.2) is 4.98 Å². The molecule has 5 heteroatoms. The Hall–Kier alpha value is -2.50. The molecule has 1 unspecified atom stereocenters. The van der Waals surface area contributed by atoms with Gasteiger partial charge in [0, 0.05) is 6.54 Å². The van der Waals surface area contributed by atoms with E-state index in [0.717, 1.165) is 28.5 Å². The van der Waals surface area contributed by atoms with E-state index in [1.54, 1.807) is 11.3 Å². The summed E-state index contributed by atoms with van der Waals surface area (Å²) in [6.45, 7) is 9.14. The number of benzene rings is 2. The van der Waals surface area contributed by atoms with Crippen molar-refractivity contribution in [3.05, 3.63) is 76.4 Å². The third-order valence-corrected chi connectivity index (χ3v) is 7.03. The smallest absolute Gasteiger partial charge is 0.271 e. The largest absolute Gasteiger partial charge is 0.349 e. The van der Waals surface area contributed by atoms with Gasteiger partial charge >= 0.3 is 0 Å². The van der Waals surface area contributed by atoms with E-state index in [-0.39, 0.29) is 11.9 Å². The van der Waals surface area contributed by atoms with Crippen LogP contribution in [-0.2, 0) is 0 Å². The minimum absolute atomic E-state index is 0.0915. The maximum atomic E-state index is 13.2. The molecule has 1 aromatic heterocycles. The SMILES string of the molecule is Cc1nc(C(=O)NCC(c2ccc(C(C)C)cc2)N2CCCC2)c(-c2ccccc2)s1. The molecule has 2 heterocycles. The molecule has 0 bridgehead atoms. The van der Waals surface area contributed by atoms with Crippen molar-refractivity contribution >= 4 is 17.2 Å². The molecule has 1 fully saturated rings. The summed E-state index contributed by atoms with van der Waals surface area (Å²) in [5.41, 5.74) is 4.19. The summed E-state index contributed by atoms with van der Waals surface area (Å²) in [6.07, 6.45) is 2.44. The molecule has 3 aromatic rings. The first-order valence-corrected chi connectivity index (χ1v) is 12.0. The summed E-state index contributed by atoms with van der Waals surface area (Å²) in [5, 5.41) is 4.11. The highest BCUT2D eigenvalue weighted by molar-refractivity contribution is 7.15. The Kier molecular flexibility index (Phi) is 6.83. The average Bonchev–Trinajstić information content (AvgIpc) is 3.45. The van der Waals surface area contributed by atoms with Gasteiger partial charge in [-0.15, -0.1) is 11.3 Å². The molecule has 4 nitrogen and oxygen atoms in total. The number of rotatable bonds is 7. The molecule has 31 heavy (non-hydrogen) atoms. The van der Waals surface area contributed by atoms with Crippen molar-refractivity contribution in [3.8, 4) is 10.4 Å². The summed E-state index contributed by atoms with van der Waals surface area (Å²) in [7, 11) is 0. The Labute approximate surface area is 189 Å². The highest BCUT2D eigenvalue weighted by Crippen LogP contribution is 2.31. The lowest BCUT2D eigenvalue weighted by atomic mass is 9.98. The number of thiazole rings is 1. The Morgan fingerprint density at radius 3 is 2.32 bits per heavy atom. The van der Waals surface area contributed by atoms with Gasteiger partial charge in [-0.1, -0.05) is 68.4 Å². The van der Waals surface area contributed by atoms with Gasteiger partial charge in [-0.05, 0) is 55.5 Å². The fraction of sp³-hybridized carbons (Fsp3) is 0.385. The lowest BCUT2D eigenvalue weighted by Gasteiger charge is -2.28. The first kappa shape index (κ1) is 21.7. The number of aryl methyl sites for hydroxylation is 1. The highest BCUT2D eigenvalue weighted by Gasteiger charge is 2.25. The molecule has 162 valence electrons. The van der Waals surface area contributed by atoms with Gasteiger partial charge < -0.3 is 5.32 Å². The van der Waals surface area contributed by atoms with E-state index in [0.29, 0.717) is 18.2 Å². The van der Waals surface area contributed by atoms with Gasteiger partial charge in [-0.2, -0.15) is 0 Å². The maximum Gasteiger partial charge on any atom is 0.271 e.